The molecular weight excluding hydrogens is 596 g/mol. The van der Waals surface area contributed by atoms with E-state index in [0.29, 0.717) is 46.1 Å². The van der Waals surface area contributed by atoms with Gasteiger partial charge in [-0.25, -0.2) is 9.78 Å². The summed E-state index contributed by atoms with van der Waals surface area (Å²) in [6.07, 6.45) is -11.8. The molecule has 0 radical (unpaired) electrons. The van der Waals surface area contributed by atoms with Crippen molar-refractivity contribution in [3.63, 3.8) is 0 Å². The Labute approximate surface area is 247 Å². The van der Waals surface area contributed by atoms with Crippen LogP contribution < -0.4 is 9.64 Å². The van der Waals surface area contributed by atoms with Crippen molar-refractivity contribution in [2.75, 3.05) is 25.1 Å². The van der Waals surface area contributed by atoms with Crippen LogP contribution in [0.3, 0.4) is 0 Å². The number of carbonyl (C=O) groups is 2. The van der Waals surface area contributed by atoms with E-state index < -0.39 is 53.3 Å². The van der Waals surface area contributed by atoms with Crippen LogP contribution in [0.5, 0.6) is 5.75 Å². The molecule has 2 aromatic carbocycles. The Kier molecular flexibility index (Phi) is 8.12. The third-order valence-electron chi connectivity index (χ3n) is 7.70. The van der Waals surface area contributed by atoms with Gasteiger partial charge in [0.25, 0.3) is 0 Å². The molecule has 0 saturated carbocycles. The summed E-state index contributed by atoms with van der Waals surface area (Å²) in [6.45, 7) is 2.77. The maximum absolute atomic E-state index is 13.5. The number of benzene rings is 2. The summed E-state index contributed by atoms with van der Waals surface area (Å²) in [7, 11) is 1.44. The average Bonchev–Trinajstić information content (AvgIpc) is 3.19. The number of anilines is 1. The van der Waals surface area contributed by atoms with E-state index in [1.165, 1.54) is 18.9 Å². The van der Waals surface area contributed by atoms with Crippen LogP contribution in [-0.4, -0.2) is 53.3 Å². The number of carbonyl (C=O) groups excluding carboxylic acids is 1. The number of carboxylic acids is 1. The molecule has 234 valence electrons. The van der Waals surface area contributed by atoms with E-state index in [0.717, 1.165) is 19.5 Å². The normalized spacial score (nSPS) is 18.7. The van der Waals surface area contributed by atoms with Crippen LogP contribution in [-0.2, 0) is 34.8 Å². The van der Waals surface area contributed by atoms with Crippen molar-refractivity contribution in [2.24, 2.45) is 0 Å². The summed E-state index contributed by atoms with van der Waals surface area (Å²) in [5.41, 5.74) is -1.64. The molecule has 2 atom stereocenters. The molecule has 3 heterocycles. The van der Waals surface area contributed by atoms with Crippen LogP contribution in [0.2, 0.25) is 0 Å². The smallest absolute Gasteiger partial charge is 0.416 e. The van der Waals surface area contributed by atoms with Crippen LogP contribution in [0.15, 0.2) is 48.5 Å². The molecule has 2 aliphatic rings. The number of amides is 1. The molecule has 1 amide bonds. The van der Waals surface area contributed by atoms with E-state index in [-0.39, 0.29) is 19.0 Å². The second-order valence-electron chi connectivity index (χ2n) is 10.6. The van der Waals surface area contributed by atoms with E-state index in [2.05, 4.69) is 0 Å². The highest BCUT2D eigenvalue weighted by atomic mass is 19.4. The lowest BCUT2D eigenvalue weighted by Gasteiger charge is -2.33. The summed E-state index contributed by atoms with van der Waals surface area (Å²) < 4.78 is 92.0. The Hall–Kier alpha value is -4.49. The van der Waals surface area contributed by atoms with Gasteiger partial charge in [0.1, 0.15) is 17.7 Å². The van der Waals surface area contributed by atoms with E-state index in [4.69, 9.17) is 14.5 Å². The first-order valence-corrected chi connectivity index (χ1v) is 13.6. The van der Waals surface area contributed by atoms with Gasteiger partial charge in [-0.1, -0.05) is 6.07 Å². The second-order valence-corrected chi connectivity index (χ2v) is 10.6. The minimum Gasteiger partial charge on any atom is -0.496 e. The number of ether oxygens (including phenoxy) is 2. The quantitative estimate of drug-likeness (QED) is 0.279. The van der Waals surface area contributed by atoms with Crippen LogP contribution in [0.4, 0.5) is 37.0 Å². The first kappa shape index (κ1) is 31.0. The SMILES string of the molecule is COc1ccc(CC(=O)O)cc1-c1ccc(N2CCC2)nc1CN1C(=O)O[C@H](c2cc(C(F)(F)F)cc(C(F)(F)F)c2)[C@@H]1C. The number of rotatable bonds is 8. The summed E-state index contributed by atoms with van der Waals surface area (Å²) >= 11 is 0. The minimum atomic E-state index is -5.06. The topological polar surface area (TPSA) is 92.2 Å². The van der Waals surface area contributed by atoms with Gasteiger partial charge in [0, 0.05) is 24.2 Å². The fourth-order valence-electron chi connectivity index (χ4n) is 5.29. The summed E-state index contributed by atoms with van der Waals surface area (Å²) in [5.74, 6) is -0.0341. The molecule has 0 bridgehead atoms. The van der Waals surface area contributed by atoms with Gasteiger partial charge in [-0.05, 0) is 66.9 Å². The molecule has 5 rings (SSSR count). The molecule has 44 heavy (non-hydrogen) atoms. The van der Waals surface area contributed by atoms with Crippen molar-refractivity contribution in [2.45, 2.75) is 50.8 Å². The Bertz CT molecular complexity index is 1560. The lowest BCUT2D eigenvalue weighted by molar-refractivity contribution is -0.143. The number of nitrogens with zero attached hydrogens (tertiary/aromatic N) is 3. The lowest BCUT2D eigenvalue weighted by atomic mass is 9.96. The van der Waals surface area contributed by atoms with Gasteiger partial charge >= 0.3 is 24.4 Å². The van der Waals surface area contributed by atoms with E-state index in [9.17, 15) is 41.0 Å². The molecule has 0 aliphatic carbocycles. The number of carboxylic acid groups (broad SMARTS) is 1. The molecule has 2 saturated heterocycles. The first-order valence-electron chi connectivity index (χ1n) is 13.6. The molecule has 1 aromatic heterocycles. The number of alkyl halides is 6. The maximum Gasteiger partial charge on any atom is 0.416 e. The Morgan fingerprint density at radius 1 is 1.00 bits per heavy atom. The van der Waals surface area contributed by atoms with Gasteiger partial charge in [-0.2, -0.15) is 26.3 Å². The Balaban J connectivity index is 1.54. The van der Waals surface area contributed by atoms with Crippen molar-refractivity contribution in [1.82, 2.24) is 9.88 Å². The second kappa shape index (κ2) is 11.5. The third-order valence-corrected chi connectivity index (χ3v) is 7.70. The van der Waals surface area contributed by atoms with Gasteiger partial charge in [0.05, 0.1) is 42.9 Å². The summed E-state index contributed by atoms with van der Waals surface area (Å²) in [5, 5.41) is 9.30. The fraction of sp³-hybridized carbons (Fsp3) is 0.367. The largest absolute Gasteiger partial charge is 0.496 e. The zero-order valence-corrected chi connectivity index (χ0v) is 23.5. The van der Waals surface area contributed by atoms with Gasteiger partial charge < -0.3 is 19.5 Å². The number of aliphatic carboxylic acids is 1. The highest BCUT2D eigenvalue weighted by Gasteiger charge is 2.43. The van der Waals surface area contributed by atoms with Gasteiger partial charge in [0.2, 0.25) is 0 Å². The van der Waals surface area contributed by atoms with Crippen molar-refractivity contribution >= 4 is 17.9 Å². The average molecular weight is 624 g/mol. The number of hydrogen-bond acceptors (Lipinski definition) is 6. The van der Waals surface area contributed by atoms with Gasteiger partial charge in [0.15, 0.2) is 0 Å². The number of methoxy groups -OCH3 is 1. The molecule has 2 aliphatic heterocycles. The van der Waals surface area contributed by atoms with Crippen LogP contribution >= 0.6 is 0 Å². The number of pyridine rings is 1. The fourth-order valence-corrected chi connectivity index (χ4v) is 5.29. The van der Waals surface area contributed by atoms with Crippen molar-refractivity contribution in [1.29, 1.82) is 0 Å². The predicted octanol–water partition coefficient (Wildman–Crippen LogP) is 6.71. The zero-order valence-electron chi connectivity index (χ0n) is 23.5. The number of halogens is 6. The number of aromatic nitrogens is 1. The third kappa shape index (κ3) is 6.24. The van der Waals surface area contributed by atoms with Crippen LogP contribution in [0.1, 0.15) is 47.4 Å². The maximum atomic E-state index is 13.5. The minimum absolute atomic E-state index is 0.0199. The van der Waals surface area contributed by atoms with Crippen molar-refractivity contribution in [3.8, 4) is 16.9 Å². The first-order chi connectivity index (χ1) is 20.7. The van der Waals surface area contributed by atoms with Gasteiger partial charge in [-0.3, -0.25) is 9.69 Å². The van der Waals surface area contributed by atoms with E-state index in [1.54, 1.807) is 30.3 Å². The zero-order chi connectivity index (χ0) is 32.0. The lowest BCUT2D eigenvalue weighted by Crippen LogP contribution is -2.38. The predicted molar refractivity (Wildman–Crippen MR) is 145 cm³/mol. The highest BCUT2D eigenvalue weighted by molar-refractivity contribution is 5.78. The van der Waals surface area contributed by atoms with Crippen molar-refractivity contribution < 1.29 is 50.5 Å². The molecule has 2 fully saturated rings. The van der Waals surface area contributed by atoms with Gasteiger partial charge in [-0.15, -0.1) is 0 Å². The Morgan fingerprint density at radius 3 is 2.20 bits per heavy atom. The standard InChI is InChI=1S/C30H27F6N3O5/c1-16-27(18-12-19(29(31,32)33)14-20(13-18)30(34,35)36)44-28(42)39(16)15-23-21(5-7-25(37-23)38-8-3-9-38)22-10-17(11-26(40)41)4-6-24(22)43-2/h4-7,10,12-14,16,27H,3,8-9,11,15H2,1-2H3,(H,40,41)/t16-,27-/m0/s1. The van der Waals surface area contributed by atoms with Crippen LogP contribution in [0.25, 0.3) is 11.1 Å². The molecule has 3 aromatic rings. The molecule has 14 heteroatoms. The Morgan fingerprint density at radius 2 is 1.66 bits per heavy atom. The number of cyclic esters (lactones) is 1. The van der Waals surface area contributed by atoms with E-state index in [1.807, 2.05) is 4.90 Å². The molecule has 0 spiro atoms. The molecule has 0 unspecified atom stereocenters. The van der Waals surface area contributed by atoms with E-state index >= 15 is 0 Å². The summed E-state index contributed by atoms with van der Waals surface area (Å²) in [6, 6.07) is 8.53. The molecule has 1 N–H and O–H groups in total. The molecule has 8 nitrogen and oxygen atoms in total. The van der Waals surface area contributed by atoms with Crippen molar-refractivity contribution in [3.05, 3.63) is 76.5 Å². The monoisotopic (exact) mass is 623 g/mol. The molecular formula is C30H27F6N3O5. The number of hydrogen-bond donors (Lipinski definition) is 1. The van der Waals surface area contributed by atoms with Crippen LogP contribution in [0, 0.1) is 0 Å². The highest BCUT2D eigenvalue weighted by Crippen LogP contribution is 2.42. The summed E-state index contributed by atoms with van der Waals surface area (Å²) in [4.78, 5) is 32.4.